The highest BCUT2D eigenvalue weighted by atomic mass is 16.6. The number of ether oxygens (including phenoxy) is 4. The fourth-order valence-electron chi connectivity index (χ4n) is 6.63. The van der Waals surface area contributed by atoms with Crippen LogP contribution in [0.5, 0.6) is 23.0 Å². The molecule has 0 radical (unpaired) electrons. The first kappa shape index (κ1) is 45.8. The lowest BCUT2D eigenvalue weighted by Gasteiger charge is -2.21. The minimum Gasteiger partial charge on any atom is -0.508 e. The third kappa shape index (κ3) is 12.2. The molecule has 1 fully saturated rings. The number of rotatable bonds is 19. The summed E-state index contributed by atoms with van der Waals surface area (Å²) in [4.78, 5) is 94.3. The van der Waals surface area contributed by atoms with E-state index in [2.05, 4.69) is 5.32 Å². The zero-order valence-electron chi connectivity index (χ0n) is 34.3. The summed E-state index contributed by atoms with van der Waals surface area (Å²) in [6.07, 6.45) is 1.78. The minimum absolute atomic E-state index is 0.0174. The highest BCUT2D eigenvalue weighted by molar-refractivity contribution is 6.19. The predicted molar refractivity (Wildman–Crippen MR) is 221 cm³/mol. The first-order valence-corrected chi connectivity index (χ1v) is 20.2. The first-order valence-electron chi connectivity index (χ1n) is 20.2. The van der Waals surface area contributed by atoms with Crippen molar-refractivity contribution in [1.29, 1.82) is 0 Å². The van der Waals surface area contributed by atoms with Crippen molar-refractivity contribution < 1.29 is 67.8 Å². The Morgan fingerprint density at radius 1 is 0.710 bits per heavy atom. The largest absolute Gasteiger partial charge is 0.508 e. The zero-order chi connectivity index (χ0) is 44.8. The van der Waals surface area contributed by atoms with Crippen LogP contribution in [0.15, 0.2) is 84.9 Å². The molecule has 0 bridgehead atoms. The molecule has 0 spiro atoms. The number of benzene rings is 4. The van der Waals surface area contributed by atoms with Crippen molar-refractivity contribution in [1.82, 2.24) is 10.2 Å². The van der Waals surface area contributed by atoms with Crippen LogP contribution < -0.4 is 14.8 Å². The number of aromatic hydroxyl groups is 2. The van der Waals surface area contributed by atoms with Gasteiger partial charge in [0.2, 0.25) is 5.78 Å². The van der Waals surface area contributed by atoms with Crippen molar-refractivity contribution in [3.05, 3.63) is 118 Å². The van der Waals surface area contributed by atoms with Gasteiger partial charge in [-0.15, -0.1) is 0 Å². The number of phenols is 2. The Bertz CT molecular complexity index is 2280. The molecule has 2 amide bonds. The Hall–Kier alpha value is -7.23. The highest BCUT2D eigenvalue weighted by Crippen LogP contribution is 2.37. The maximum Gasteiger partial charge on any atom is 0.410 e. The number of carboxylic acids is 1. The molecule has 4 N–H and O–H groups in total. The molecular formula is C46H48N2O14. The number of phenolic OH excluding ortho intramolecular Hbond substituents is 2. The number of amides is 2. The molecule has 1 aliphatic heterocycles. The number of nitrogens with zero attached hydrogens (tertiary/aromatic N) is 1. The van der Waals surface area contributed by atoms with Gasteiger partial charge in [0.1, 0.15) is 41.3 Å². The summed E-state index contributed by atoms with van der Waals surface area (Å²) in [5.41, 5.74) is -1.43. The molecule has 2 atom stereocenters. The van der Waals surface area contributed by atoms with Crippen LogP contribution in [0.25, 0.3) is 0 Å². The van der Waals surface area contributed by atoms with E-state index < -0.39 is 93.3 Å². The number of nitrogens with one attached hydrogen (secondary N) is 1. The van der Waals surface area contributed by atoms with Gasteiger partial charge in [0.25, 0.3) is 5.91 Å². The molecule has 16 heteroatoms. The summed E-state index contributed by atoms with van der Waals surface area (Å²) >= 11 is 0. The van der Waals surface area contributed by atoms with Crippen molar-refractivity contribution in [2.75, 3.05) is 13.1 Å². The summed E-state index contributed by atoms with van der Waals surface area (Å²) < 4.78 is 22.3. The lowest BCUT2D eigenvalue weighted by atomic mass is 9.95. The molecule has 5 rings (SSSR count). The van der Waals surface area contributed by atoms with Crippen molar-refractivity contribution >= 4 is 41.7 Å². The quantitative estimate of drug-likeness (QED) is 0.0323. The maximum absolute atomic E-state index is 14.4. The third-order valence-corrected chi connectivity index (χ3v) is 9.88. The van der Waals surface area contributed by atoms with E-state index in [0.717, 1.165) is 43.0 Å². The Balaban J connectivity index is 1.47. The van der Waals surface area contributed by atoms with Crippen LogP contribution in [-0.2, 0) is 25.7 Å². The number of carboxylic acid groups (broad SMARTS) is 1. The SMILES string of the molecule is CCCCCC(=O)Oc1cc(C(=O)OC2CN(C(=O)OCc3ccccc3)CC2NC(=O)c2ccc(O)cc2)cc(O)c1C(=O)c1c(OC(=O)CCCCC)cccc1C(=O)O. The molecule has 326 valence electrons. The van der Waals surface area contributed by atoms with E-state index in [1.54, 1.807) is 24.3 Å². The van der Waals surface area contributed by atoms with E-state index in [9.17, 15) is 48.9 Å². The molecular weight excluding hydrogens is 805 g/mol. The second-order valence-corrected chi connectivity index (χ2v) is 14.6. The second kappa shape index (κ2) is 21.9. The number of carbonyl (C=O) groups is 7. The summed E-state index contributed by atoms with van der Waals surface area (Å²) in [6, 6.07) is 18.7. The van der Waals surface area contributed by atoms with Gasteiger partial charge in [-0.3, -0.25) is 19.2 Å². The summed E-state index contributed by atoms with van der Waals surface area (Å²) in [7, 11) is 0. The van der Waals surface area contributed by atoms with Gasteiger partial charge in [0.05, 0.1) is 29.3 Å². The molecule has 1 aliphatic rings. The number of carbonyl (C=O) groups excluding carboxylic acids is 6. The molecule has 4 aromatic carbocycles. The van der Waals surface area contributed by atoms with E-state index >= 15 is 0 Å². The molecule has 4 aromatic rings. The van der Waals surface area contributed by atoms with Gasteiger partial charge >= 0.3 is 30.0 Å². The number of esters is 3. The number of likely N-dealkylation sites (tertiary alicyclic amines) is 1. The lowest BCUT2D eigenvalue weighted by Crippen LogP contribution is -2.44. The van der Waals surface area contributed by atoms with Crippen LogP contribution in [-0.4, -0.2) is 87.1 Å². The minimum atomic E-state index is -1.56. The van der Waals surface area contributed by atoms with Crippen molar-refractivity contribution in [2.24, 2.45) is 0 Å². The van der Waals surface area contributed by atoms with E-state index in [1.807, 2.05) is 19.9 Å². The Labute approximate surface area is 357 Å². The van der Waals surface area contributed by atoms with Crippen LogP contribution in [0.2, 0.25) is 0 Å². The van der Waals surface area contributed by atoms with Crippen LogP contribution in [0.3, 0.4) is 0 Å². The lowest BCUT2D eigenvalue weighted by molar-refractivity contribution is -0.135. The van der Waals surface area contributed by atoms with E-state index in [1.165, 1.54) is 41.3 Å². The van der Waals surface area contributed by atoms with Crippen LogP contribution in [0.4, 0.5) is 4.79 Å². The maximum atomic E-state index is 14.4. The highest BCUT2D eigenvalue weighted by Gasteiger charge is 2.40. The Morgan fingerprint density at radius 2 is 1.35 bits per heavy atom. The van der Waals surface area contributed by atoms with Crippen LogP contribution in [0.1, 0.15) is 118 Å². The molecule has 62 heavy (non-hydrogen) atoms. The Morgan fingerprint density at radius 3 is 1.98 bits per heavy atom. The number of unbranched alkanes of at least 4 members (excludes halogenated alkanes) is 4. The third-order valence-electron chi connectivity index (χ3n) is 9.88. The first-order chi connectivity index (χ1) is 29.8. The van der Waals surface area contributed by atoms with Gasteiger partial charge in [0.15, 0.2) is 0 Å². The van der Waals surface area contributed by atoms with Gasteiger partial charge < -0.3 is 44.5 Å². The van der Waals surface area contributed by atoms with Crippen LogP contribution >= 0.6 is 0 Å². The fraction of sp³-hybridized carbons (Fsp3) is 0.326. The monoisotopic (exact) mass is 852 g/mol. The molecule has 0 saturated carbocycles. The summed E-state index contributed by atoms with van der Waals surface area (Å²) in [6.45, 7) is 3.41. The summed E-state index contributed by atoms with van der Waals surface area (Å²) in [5.74, 6) is -8.04. The molecule has 16 nitrogen and oxygen atoms in total. The van der Waals surface area contributed by atoms with Crippen molar-refractivity contribution in [3.8, 4) is 23.0 Å². The molecule has 1 heterocycles. The van der Waals surface area contributed by atoms with Gasteiger partial charge in [-0.1, -0.05) is 75.9 Å². The van der Waals surface area contributed by atoms with Gasteiger partial charge in [-0.05, 0) is 66.9 Å². The van der Waals surface area contributed by atoms with E-state index in [-0.39, 0.29) is 43.9 Å². The molecule has 1 saturated heterocycles. The zero-order valence-corrected chi connectivity index (χ0v) is 34.3. The van der Waals surface area contributed by atoms with Gasteiger partial charge in [-0.2, -0.15) is 0 Å². The topological polar surface area (TPSA) is 232 Å². The Kier molecular flexibility index (Phi) is 16.2. The molecule has 0 aliphatic carbocycles. The van der Waals surface area contributed by atoms with Crippen molar-refractivity contribution in [2.45, 2.75) is 84.0 Å². The number of hydrogen-bond acceptors (Lipinski definition) is 13. The molecule has 2 unspecified atom stereocenters. The van der Waals surface area contributed by atoms with Crippen LogP contribution in [0, 0.1) is 0 Å². The van der Waals surface area contributed by atoms with E-state index in [4.69, 9.17) is 18.9 Å². The van der Waals surface area contributed by atoms with Gasteiger partial charge in [-0.25, -0.2) is 14.4 Å². The number of ketones is 1. The fourth-order valence-corrected chi connectivity index (χ4v) is 6.63. The second-order valence-electron chi connectivity index (χ2n) is 14.6. The predicted octanol–water partition coefficient (Wildman–Crippen LogP) is 6.97. The molecule has 0 aromatic heterocycles. The standard InChI is InChI=1S/C46H48N2O14/c1-3-5-8-17-38(51)60-35-16-12-15-32(44(55)56)40(35)42(53)41-34(50)23-30(24-36(41)61-39(52)18-9-6-4-2)45(57)62-37-26-48(46(58)59-27-28-13-10-7-11-14-28)25-33(37)47-43(54)29-19-21-31(49)22-20-29/h7,10-16,19-24,33,37,49-50H,3-6,8-9,17-18,25-27H2,1-2H3,(H,47,54)(H,55,56). The average Bonchev–Trinajstić information content (AvgIpc) is 3.64. The smallest absolute Gasteiger partial charge is 0.410 e. The van der Waals surface area contributed by atoms with Crippen molar-refractivity contribution in [3.63, 3.8) is 0 Å². The summed E-state index contributed by atoms with van der Waals surface area (Å²) in [5, 5.41) is 34.0. The number of hydrogen-bond donors (Lipinski definition) is 4. The number of aromatic carboxylic acids is 1. The average molecular weight is 853 g/mol. The normalized spacial score (nSPS) is 14.4. The van der Waals surface area contributed by atoms with Gasteiger partial charge in [0, 0.05) is 24.9 Å². The van der Waals surface area contributed by atoms with E-state index in [0.29, 0.717) is 19.3 Å².